The predicted molar refractivity (Wildman–Crippen MR) is 57.6 cm³/mol. The van der Waals surface area contributed by atoms with Gasteiger partial charge in [0.15, 0.2) is 0 Å². The van der Waals surface area contributed by atoms with Crippen LogP contribution < -0.4 is 0 Å². The predicted octanol–water partition coefficient (Wildman–Crippen LogP) is 3.04. The smallest absolute Gasteiger partial charge is 0.0896 e. The summed E-state index contributed by atoms with van der Waals surface area (Å²) in [6, 6.07) is 0. The maximum Gasteiger partial charge on any atom is 0.0896 e. The number of allylic oxidation sites excluding steroid dienone is 2. The molecule has 1 nitrogen and oxygen atoms in total. The molecule has 0 heterocycles. The first-order valence-electron chi connectivity index (χ1n) is 4.08. The van der Waals surface area contributed by atoms with E-state index in [4.69, 9.17) is 0 Å². The Bertz CT molecular complexity index is 171. The van der Waals surface area contributed by atoms with Crippen molar-refractivity contribution < 1.29 is 5.11 Å². The third-order valence-corrected chi connectivity index (χ3v) is 2.62. The Balaban J connectivity index is 3.68. The van der Waals surface area contributed by atoms with Gasteiger partial charge in [0.2, 0.25) is 0 Å². The molecule has 0 aromatic heterocycles. The minimum absolute atomic E-state index is 0.573. The van der Waals surface area contributed by atoms with Gasteiger partial charge in [-0.3, -0.25) is 0 Å². The van der Waals surface area contributed by atoms with Gasteiger partial charge in [-0.15, -0.1) is 6.58 Å². The average Bonchev–Trinajstić information content (AvgIpc) is 1.98. The van der Waals surface area contributed by atoms with Gasteiger partial charge < -0.3 is 5.11 Å². The summed E-state index contributed by atoms with van der Waals surface area (Å²) in [7, 11) is 0. The molecule has 2 heteroatoms. The van der Waals surface area contributed by atoms with E-state index in [2.05, 4.69) is 22.5 Å². The molecule has 1 N–H and O–H groups in total. The number of hydrogen-bond acceptors (Lipinski definition) is 1. The van der Waals surface area contributed by atoms with Crippen LogP contribution in [-0.4, -0.2) is 16.0 Å². The Labute approximate surface area is 83.3 Å². The zero-order valence-electron chi connectivity index (χ0n) is 7.81. The van der Waals surface area contributed by atoms with Crippen LogP contribution in [0.1, 0.15) is 26.7 Å². The molecule has 0 aliphatic carbocycles. The molecule has 0 aliphatic rings. The molecule has 12 heavy (non-hydrogen) atoms. The molecule has 0 spiro atoms. The van der Waals surface area contributed by atoms with Crippen LogP contribution in [0.15, 0.2) is 24.3 Å². The van der Waals surface area contributed by atoms with E-state index in [1.807, 2.05) is 19.1 Å². The van der Waals surface area contributed by atoms with Gasteiger partial charge in [-0.2, -0.15) is 0 Å². The maximum atomic E-state index is 9.53. The van der Waals surface area contributed by atoms with E-state index in [1.54, 1.807) is 6.92 Å². The quantitative estimate of drug-likeness (QED) is 0.571. The highest BCUT2D eigenvalue weighted by Gasteiger charge is 2.12. The highest BCUT2D eigenvalue weighted by molar-refractivity contribution is 9.09. The summed E-state index contributed by atoms with van der Waals surface area (Å²) in [5.74, 6) is 0. The Morgan fingerprint density at radius 3 is 2.67 bits per heavy atom. The van der Waals surface area contributed by atoms with Gasteiger partial charge in [0.05, 0.1) is 5.60 Å². The zero-order valence-corrected chi connectivity index (χ0v) is 9.39. The van der Waals surface area contributed by atoms with Crippen molar-refractivity contribution in [2.45, 2.75) is 32.3 Å². The molecule has 0 amide bonds. The van der Waals surface area contributed by atoms with Gasteiger partial charge in [0, 0.05) is 5.33 Å². The molecule has 0 aromatic carbocycles. The lowest BCUT2D eigenvalue weighted by molar-refractivity contribution is 0.139. The van der Waals surface area contributed by atoms with Gasteiger partial charge in [-0.1, -0.05) is 33.7 Å². The van der Waals surface area contributed by atoms with Crippen molar-refractivity contribution in [3.8, 4) is 0 Å². The molecule has 1 unspecified atom stereocenters. The summed E-state index contributed by atoms with van der Waals surface area (Å²) in [5, 5.41) is 10.1. The molecule has 1 atom stereocenters. The molecule has 70 valence electrons. The molecule has 0 saturated carbocycles. The van der Waals surface area contributed by atoms with Crippen LogP contribution in [0, 0.1) is 0 Å². The van der Waals surface area contributed by atoms with E-state index in [0.717, 1.165) is 12.8 Å². The molecule has 0 aliphatic heterocycles. The Kier molecular flexibility index (Phi) is 5.51. The summed E-state index contributed by atoms with van der Waals surface area (Å²) in [4.78, 5) is 0. The number of alkyl halides is 1. The van der Waals surface area contributed by atoms with Crippen molar-refractivity contribution in [1.82, 2.24) is 0 Å². The first-order valence-corrected chi connectivity index (χ1v) is 5.20. The minimum atomic E-state index is -0.713. The lowest BCUT2D eigenvalue weighted by Gasteiger charge is -2.14. The summed E-state index contributed by atoms with van der Waals surface area (Å²) in [6.45, 7) is 7.59. The number of aliphatic hydroxyl groups is 1. The molecule has 0 rings (SSSR count). The van der Waals surface area contributed by atoms with Crippen LogP contribution in [0.3, 0.4) is 0 Å². The Hall–Kier alpha value is -0.0800. The number of rotatable bonds is 5. The Morgan fingerprint density at radius 1 is 1.67 bits per heavy atom. The van der Waals surface area contributed by atoms with E-state index < -0.39 is 5.60 Å². The number of hydrogen-bond donors (Lipinski definition) is 1. The monoisotopic (exact) mass is 232 g/mol. The third kappa shape index (κ3) is 6.62. The zero-order chi connectivity index (χ0) is 9.61. The maximum absolute atomic E-state index is 9.53. The van der Waals surface area contributed by atoms with Crippen LogP contribution in [-0.2, 0) is 0 Å². The molecule has 0 aromatic rings. The SMILES string of the molecule is C=C(C)CC/C=C/C(C)(O)CBr. The van der Waals surface area contributed by atoms with Crippen LogP contribution in [0.4, 0.5) is 0 Å². The van der Waals surface area contributed by atoms with Gasteiger partial charge >= 0.3 is 0 Å². The minimum Gasteiger partial charge on any atom is -0.385 e. The second kappa shape index (κ2) is 5.55. The molecule has 0 saturated heterocycles. The highest BCUT2D eigenvalue weighted by Crippen LogP contribution is 2.10. The van der Waals surface area contributed by atoms with Gasteiger partial charge in [0.1, 0.15) is 0 Å². The number of halogens is 1. The summed E-state index contributed by atoms with van der Waals surface area (Å²) in [6.07, 6.45) is 5.77. The summed E-state index contributed by atoms with van der Waals surface area (Å²) >= 11 is 3.23. The fourth-order valence-electron chi connectivity index (χ4n) is 0.711. The second-order valence-electron chi connectivity index (χ2n) is 3.39. The van der Waals surface area contributed by atoms with Crippen molar-refractivity contribution >= 4 is 15.9 Å². The van der Waals surface area contributed by atoms with Crippen molar-refractivity contribution in [1.29, 1.82) is 0 Å². The van der Waals surface area contributed by atoms with Crippen molar-refractivity contribution in [3.05, 3.63) is 24.3 Å². The Morgan fingerprint density at radius 2 is 2.25 bits per heavy atom. The van der Waals surface area contributed by atoms with Crippen LogP contribution in [0.5, 0.6) is 0 Å². The lowest BCUT2D eigenvalue weighted by atomic mass is 10.1. The first kappa shape index (κ1) is 11.9. The fraction of sp³-hybridized carbons (Fsp3) is 0.600. The van der Waals surface area contributed by atoms with E-state index in [9.17, 15) is 5.11 Å². The van der Waals surface area contributed by atoms with Gasteiger partial charge in [-0.25, -0.2) is 0 Å². The second-order valence-corrected chi connectivity index (χ2v) is 3.95. The normalized spacial score (nSPS) is 16.3. The van der Waals surface area contributed by atoms with Crippen molar-refractivity contribution in [2.24, 2.45) is 0 Å². The topological polar surface area (TPSA) is 20.2 Å². The van der Waals surface area contributed by atoms with Crippen molar-refractivity contribution in [2.75, 3.05) is 5.33 Å². The van der Waals surface area contributed by atoms with Gasteiger partial charge in [0.25, 0.3) is 0 Å². The molecular formula is C10H17BrO. The molecule has 0 bridgehead atoms. The largest absolute Gasteiger partial charge is 0.385 e. The van der Waals surface area contributed by atoms with E-state index in [1.165, 1.54) is 5.57 Å². The van der Waals surface area contributed by atoms with E-state index in [-0.39, 0.29) is 0 Å². The van der Waals surface area contributed by atoms with Crippen LogP contribution in [0.25, 0.3) is 0 Å². The molecular weight excluding hydrogens is 216 g/mol. The highest BCUT2D eigenvalue weighted by atomic mass is 79.9. The van der Waals surface area contributed by atoms with Gasteiger partial charge in [-0.05, 0) is 26.7 Å². The van der Waals surface area contributed by atoms with E-state index in [0.29, 0.717) is 5.33 Å². The standard InChI is InChI=1S/C10H17BrO/c1-9(2)6-4-5-7-10(3,12)8-11/h5,7,12H,1,4,6,8H2,2-3H3/b7-5+. The molecule has 0 radical (unpaired) electrons. The fourth-order valence-corrected chi connectivity index (χ4v) is 0.898. The first-order chi connectivity index (χ1) is 5.48. The summed E-state index contributed by atoms with van der Waals surface area (Å²) in [5.41, 5.74) is 0.466. The average molecular weight is 233 g/mol. The molecule has 0 fully saturated rings. The van der Waals surface area contributed by atoms with Crippen LogP contribution in [0.2, 0.25) is 0 Å². The third-order valence-electron chi connectivity index (χ3n) is 1.49. The van der Waals surface area contributed by atoms with Crippen molar-refractivity contribution in [3.63, 3.8) is 0 Å². The van der Waals surface area contributed by atoms with E-state index >= 15 is 0 Å². The summed E-state index contributed by atoms with van der Waals surface area (Å²) < 4.78 is 0. The van der Waals surface area contributed by atoms with Crippen LogP contribution >= 0.6 is 15.9 Å². The lowest BCUT2D eigenvalue weighted by Crippen LogP contribution is -2.22.